The zero-order valence-corrected chi connectivity index (χ0v) is 8.81. The second-order valence-corrected chi connectivity index (χ2v) is 5.36. The zero-order valence-electron chi connectivity index (χ0n) is 7.22. The Morgan fingerprint density at radius 3 is 2.86 bits per heavy atom. The van der Waals surface area contributed by atoms with Crippen molar-refractivity contribution in [3.8, 4) is 0 Å². The molecule has 1 aliphatic heterocycles. The van der Waals surface area contributed by atoms with Crippen molar-refractivity contribution in [3.05, 3.63) is 0 Å². The van der Waals surface area contributed by atoms with Crippen LogP contribution in [0.3, 0.4) is 0 Å². The molecule has 1 saturated heterocycles. The third kappa shape index (κ3) is 0.798. The van der Waals surface area contributed by atoms with Crippen LogP contribution < -0.4 is 0 Å². The number of fused-ring (bicyclic) bond motifs is 1. The summed E-state index contributed by atoms with van der Waals surface area (Å²) >= 11 is 3.44. The van der Waals surface area contributed by atoms with E-state index < -0.39 is 11.9 Å². The first-order chi connectivity index (χ1) is 6.61. The van der Waals surface area contributed by atoms with Crippen molar-refractivity contribution in [2.75, 3.05) is 0 Å². The van der Waals surface area contributed by atoms with Crippen molar-refractivity contribution >= 4 is 27.9 Å². The van der Waals surface area contributed by atoms with E-state index in [0.717, 1.165) is 6.42 Å². The summed E-state index contributed by atoms with van der Waals surface area (Å²) in [5.41, 5.74) is 0. The summed E-state index contributed by atoms with van der Waals surface area (Å²) in [5, 5.41) is 9.06. The molecule has 0 amide bonds. The number of carbonyl (C=O) groups is 2. The van der Waals surface area contributed by atoms with Gasteiger partial charge in [0, 0.05) is 5.92 Å². The fraction of sp³-hybridized carbons (Fsp3) is 0.778. The molecule has 0 spiro atoms. The van der Waals surface area contributed by atoms with Crippen LogP contribution in [0.5, 0.6) is 0 Å². The highest BCUT2D eigenvalue weighted by Gasteiger charge is 2.67. The summed E-state index contributed by atoms with van der Waals surface area (Å²) in [6, 6.07) is 0. The van der Waals surface area contributed by atoms with E-state index in [4.69, 9.17) is 9.84 Å². The molecule has 3 rings (SSSR count). The third-order valence-electron chi connectivity index (χ3n) is 3.81. The molecular formula is C9H9BrO4. The molecule has 5 heteroatoms. The van der Waals surface area contributed by atoms with E-state index in [0.29, 0.717) is 0 Å². The van der Waals surface area contributed by atoms with E-state index in [1.165, 1.54) is 0 Å². The van der Waals surface area contributed by atoms with Crippen LogP contribution in [0, 0.1) is 23.7 Å². The smallest absolute Gasteiger partial charge is 0.310 e. The molecule has 2 aliphatic carbocycles. The van der Waals surface area contributed by atoms with Crippen molar-refractivity contribution in [2.24, 2.45) is 23.7 Å². The molecule has 6 atom stereocenters. The van der Waals surface area contributed by atoms with E-state index in [1.54, 1.807) is 0 Å². The van der Waals surface area contributed by atoms with Crippen molar-refractivity contribution in [2.45, 2.75) is 17.4 Å². The van der Waals surface area contributed by atoms with Gasteiger partial charge in [-0.15, -0.1) is 0 Å². The predicted octanol–water partition coefficient (Wildman–Crippen LogP) is 0.642. The number of esters is 1. The Balaban J connectivity index is 2.04. The van der Waals surface area contributed by atoms with Gasteiger partial charge < -0.3 is 9.84 Å². The van der Waals surface area contributed by atoms with E-state index in [9.17, 15) is 9.59 Å². The average molecular weight is 261 g/mol. The molecule has 0 aromatic carbocycles. The Kier molecular flexibility index (Phi) is 1.56. The minimum absolute atomic E-state index is 0.0382. The maximum absolute atomic E-state index is 11.4. The Morgan fingerprint density at radius 1 is 1.50 bits per heavy atom. The molecule has 0 radical (unpaired) electrons. The van der Waals surface area contributed by atoms with Crippen molar-refractivity contribution in [3.63, 3.8) is 0 Å². The van der Waals surface area contributed by atoms with Crippen molar-refractivity contribution in [1.29, 1.82) is 0 Å². The van der Waals surface area contributed by atoms with Crippen molar-refractivity contribution in [1.82, 2.24) is 0 Å². The lowest BCUT2D eigenvalue weighted by atomic mass is 9.80. The Labute approximate surface area is 88.7 Å². The number of alkyl halides is 1. The topological polar surface area (TPSA) is 63.6 Å². The van der Waals surface area contributed by atoms with Crippen LogP contribution in [0.4, 0.5) is 0 Å². The summed E-state index contributed by atoms with van der Waals surface area (Å²) in [6.45, 7) is 0. The number of ether oxygens (including phenoxy) is 1. The first-order valence-electron chi connectivity index (χ1n) is 4.68. The van der Waals surface area contributed by atoms with Gasteiger partial charge in [-0.1, -0.05) is 15.9 Å². The molecule has 1 N–H and O–H groups in total. The van der Waals surface area contributed by atoms with Gasteiger partial charge in [0.15, 0.2) is 0 Å². The largest absolute Gasteiger partial charge is 0.481 e. The number of carboxylic acid groups (broad SMARTS) is 1. The van der Waals surface area contributed by atoms with E-state index in [1.807, 2.05) is 0 Å². The molecule has 76 valence electrons. The number of hydrogen-bond donors (Lipinski definition) is 1. The molecule has 3 fully saturated rings. The number of carbonyl (C=O) groups excluding carboxylic acids is 1. The van der Waals surface area contributed by atoms with E-state index in [-0.39, 0.29) is 34.7 Å². The minimum Gasteiger partial charge on any atom is -0.481 e. The fourth-order valence-corrected chi connectivity index (χ4v) is 4.35. The number of hydrogen-bond acceptors (Lipinski definition) is 3. The predicted molar refractivity (Wildman–Crippen MR) is 48.8 cm³/mol. The number of halogens is 1. The van der Waals surface area contributed by atoms with Crippen molar-refractivity contribution < 1.29 is 19.4 Å². The molecular weight excluding hydrogens is 252 g/mol. The summed E-state index contributed by atoms with van der Waals surface area (Å²) in [6.07, 6.45) is 0.738. The van der Waals surface area contributed by atoms with Gasteiger partial charge in [0.2, 0.25) is 0 Å². The van der Waals surface area contributed by atoms with Crippen LogP contribution in [-0.4, -0.2) is 28.0 Å². The highest BCUT2D eigenvalue weighted by atomic mass is 79.9. The Bertz CT molecular complexity index is 329. The minimum atomic E-state index is -0.857. The van der Waals surface area contributed by atoms with Gasteiger partial charge in [-0.05, 0) is 12.3 Å². The molecule has 1 heterocycles. The first-order valence-corrected chi connectivity index (χ1v) is 5.60. The van der Waals surface area contributed by atoms with Crippen LogP contribution >= 0.6 is 15.9 Å². The SMILES string of the molecule is O=C(O)[C@@H]1[C@H]2C[C@H]3[C@H](OC(=O)[C@@H]31)[C@@H]2Br. The van der Waals surface area contributed by atoms with E-state index in [2.05, 4.69) is 15.9 Å². The lowest BCUT2D eigenvalue weighted by Crippen LogP contribution is -2.37. The number of aliphatic carboxylic acids is 1. The van der Waals surface area contributed by atoms with Crippen LogP contribution in [0.2, 0.25) is 0 Å². The van der Waals surface area contributed by atoms with E-state index >= 15 is 0 Å². The molecule has 0 unspecified atom stereocenters. The number of carboxylic acids is 1. The van der Waals surface area contributed by atoms with Gasteiger partial charge in [-0.3, -0.25) is 9.59 Å². The van der Waals surface area contributed by atoms with Gasteiger partial charge in [0.25, 0.3) is 0 Å². The van der Waals surface area contributed by atoms with Gasteiger partial charge >= 0.3 is 11.9 Å². The molecule has 2 saturated carbocycles. The number of rotatable bonds is 1. The molecule has 14 heavy (non-hydrogen) atoms. The molecule has 0 aromatic heterocycles. The van der Waals surface area contributed by atoms with Gasteiger partial charge in [-0.2, -0.15) is 0 Å². The van der Waals surface area contributed by atoms with Crippen LogP contribution in [-0.2, 0) is 14.3 Å². The quantitative estimate of drug-likeness (QED) is 0.555. The fourth-order valence-electron chi connectivity index (χ4n) is 3.31. The standard InChI is InChI=1S/C9H9BrO4/c10-6-2-1-3-5(4(2)8(11)12)9(13)14-7(3)6/h2-7H,1H2,(H,11,12)/t2-,3-,4-,5+,6-,7+/m1/s1. The maximum Gasteiger partial charge on any atom is 0.310 e. The monoisotopic (exact) mass is 260 g/mol. The summed E-state index contributed by atoms with van der Waals surface area (Å²) in [7, 11) is 0. The first kappa shape index (κ1) is 8.71. The van der Waals surface area contributed by atoms with Gasteiger partial charge in [-0.25, -0.2) is 0 Å². The Hall–Kier alpha value is -0.580. The normalized spacial score (nSPS) is 53.6. The third-order valence-corrected chi connectivity index (χ3v) is 5.01. The maximum atomic E-state index is 11.4. The summed E-state index contributed by atoms with van der Waals surface area (Å²) in [5.74, 6) is -1.87. The van der Waals surface area contributed by atoms with Crippen LogP contribution in [0.15, 0.2) is 0 Å². The van der Waals surface area contributed by atoms with Crippen LogP contribution in [0.1, 0.15) is 6.42 Å². The lowest BCUT2D eigenvalue weighted by Gasteiger charge is -2.25. The summed E-state index contributed by atoms with van der Waals surface area (Å²) < 4.78 is 5.18. The molecule has 4 nitrogen and oxygen atoms in total. The van der Waals surface area contributed by atoms with Gasteiger partial charge in [0.1, 0.15) is 6.10 Å². The Morgan fingerprint density at radius 2 is 2.21 bits per heavy atom. The zero-order chi connectivity index (χ0) is 10.0. The average Bonchev–Trinajstić information content (AvgIpc) is 2.67. The molecule has 3 aliphatic rings. The van der Waals surface area contributed by atoms with Gasteiger partial charge in [0.05, 0.1) is 16.7 Å². The highest BCUT2D eigenvalue weighted by Crippen LogP contribution is 2.59. The molecule has 2 bridgehead atoms. The highest BCUT2D eigenvalue weighted by molar-refractivity contribution is 9.09. The second kappa shape index (κ2) is 2.51. The van der Waals surface area contributed by atoms with Crippen LogP contribution in [0.25, 0.3) is 0 Å². The molecule has 0 aromatic rings. The summed E-state index contributed by atoms with van der Waals surface area (Å²) in [4.78, 5) is 22.5. The lowest BCUT2D eigenvalue weighted by molar-refractivity contribution is -0.151. The second-order valence-electron chi connectivity index (χ2n) is 4.30.